The summed E-state index contributed by atoms with van der Waals surface area (Å²) in [4.78, 5) is 10.5. The Labute approximate surface area is 112 Å². The molecule has 1 N–H and O–H groups in total. The van der Waals surface area contributed by atoms with Gasteiger partial charge in [0.15, 0.2) is 0 Å². The molecular formula is C14H17FN4. The van der Waals surface area contributed by atoms with Crippen molar-refractivity contribution in [2.45, 2.75) is 13.5 Å². The molecule has 0 bridgehead atoms. The van der Waals surface area contributed by atoms with Gasteiger partial charge in [0.05, 0.1) is 0 Å². The molecule has 1 heterocycles. The predicted molar refractivity (Wildman–Crippen MR) is 74.7 cm³/mol. The Morgan fingerprint density at radius 1 is 1.21 bits per heavy atom. The van der Waals surface area contributed by atoms with E-state index in [0.29, 0.717) is 12.5 Å². The fourth-order valence-electron chi connectivity index (χ4n) is 1.75. The maximum atomic E-state index is 12.8. The molecule has 2 rings (SSSR count). The Balaban J connectivity index is 2.08. The molecule has 0 aliphatic carbocycles. The average molecular weight is 260 g/mol. The Kier molecular flexibility index (Phi) is 4.28. The van der Waals surface area contributed by atoms with Gasteiger partial charge in [-0.2, -0.15) is 4.98 Å². The van der Waals surface area contributed by atoms with Gasteiger partial charge in [-0.1, -0.05) is 12.1 Å². The second kappa shape index (κ2) is 6.13. The van der Waals surface area contributed by atoms with Crippen molar-refractivity contribution in [1.82, 2.24) is 9.97 Å². The van der Waals surface area contributed by atoms with Crippen molar-refractivity contribution in [2.24, 2.45) is 0 Å². The Morgan fingerprint density at radius 2 is 1.95 bits per heavy atom. The van der Waals surface area contributed by atoms with Crippen molar-refractivity contribution >= 4 is 11.8 Å². The van der Waals surface area contributed by atoms with Gasteiger partial charge >= 0.3 is 0 Å². The molecule has 4 nitrogen and oxygen atoms in total. The summed E-state index contributed by atoms with van der Waals surface area (Å²) in [7, 11) is 1.95. The summed E-state index contributed by atoms with van der Waals surface area (Å²) < 4.78 is 12.8. The van der Waals surface area contributed by atoms with Gasteiger partial charge in [-0.05, 0) is 30.7 Å². The number of halogens is 1. The first-order valence-electron chi connectivity index (χ1n) is 6.21. The smallest absolute Gasteiger partial charge is 0.224 e. The van der Waals surface area contributed by atoms with E-state index in [-0.39, 0.29) is 5.82 Å². The van der Waals surface area contributed by atoms with Gasteiger partial charge in [0.25, 0.3) is 0 Å². The standard InChI is InChI=1S/C14H17FN4/c1-3-16-14-17-9-8-13(18-14)19(2)10-11-4-6-12(15)7-5-11/h4-9H,3,10H2,1-2H3,(H,16,17,18). The topological polar surface area (TPSA) is 41.1 Å². The highest BCUT2D eigenvalue weighted by Gasteiger charge is 2.05. The van der Waals surface area contributed by atoms with Crippen LogP contribution in [0.3, 0.4) is 0 Å². The van der Waals surface area contributed by atoms with Crippen LogP contribution in [0.4, 0.5) is 16.2 Å². The van der Waals surface area contributed by atoms with E-state index >= 15 is 0 Å². The van der Waals surface area contributed by atoms with Crippen LogP contribution < -0.4 is 10.2 Å². The number of aromatic nitrogens is 2. The van der Waals surface area contributed by atoms with E-state index in [2.05, 4.69) is 15.3 Å². The van der Waals surface area contributed by atoms with E-state index in [1.807, 2.05) is 24.9 Å². The van der Waals surface area contributed by atoms with E-state index in [1.54, 1.807) is 18.3 Å². The van der Waals surface area contributed by atoms with Gasteiger partial charge in [0.2, 0.25) is 5.95 Å². The maximum absolute atomic E-state index is 12.8. The van der Waals surface area contributed by atoms with Crippen molar-refractivity contribution in [3.8, 4) is 0 Å². The monoisotopic (exact) mass is 260 g/mol. The van der Waals surface area contributed by atoms with Crippen molar-refractivity contribution in [1.29, 1.82) is 0 Å². The van der Waals surface area contributed by atoms with Crippen LogP contribution in [0, 0.1) is 5.82 Å². The van der Waals surface area contributed by atoms with Gasteiger partial charge in [0.1, 0.15) is 11.6 Å². The van der Waals surface area contributed by atoms with E-state index in [1.165, 1.54) is 12.1 Å². The van der Waals surface area contributed by atoms with E-state index in [9.17, 15) is 4.39 Å². The van der Waals surface area contributed by atoms with Crippen molar-refractivity contribution in [2.75, 3.05) is 23.8 Å². The van der Waals surface area contributed by atoms with Crippen molar-refractivity contribution in [3.63, 3.8) is 0 Å². The molecule has 0 atom stereocenters. The van der Waals surface area contributed by atoms with Crippen LogP contribution in [0.5, 0.6) is 0 Å². The average Bonchev–Trinajstić information content (AvgIpc) is 2.42. The second-order valence-electron chi connectivity index (χ2n) is 4.25. The van der Waals surface area contributed by atoms with Crippen LogP contribution in [0.2, 0.25) is 0 Å². The highest BCUT2D eigenvalue weighted by Crippen LogP contribution is 2.14. The summed E-state index contributed by atoms with van der Waals surface area (Å²) in [5.41, 5.74) is 1.03. The van der Waals surface area contributed by atoms with E-state index in [4.69, 9.17) is 0 Å². The Hall–Kier alpha value is -2.17. The molecule has 0 saturated carbocycles. The van der Waals surface area contributed by atoms with Crippen molar-refractivity contribution in [3.05, 3.63) is 47.9 Å². The molecule has 0 fully saturated rings. The molecule has 0 radical (unpaired) electrons. The zero-order chi connectivity index (χ0) is 13.7. The SMILES string of the molecule is CCNc1nccc(N(C)Cc2ccc(F)cc2)n1. The molecule has 1 aromatic carbocycles. The summed E-state index contributed by atoms with van der Waals surface area (Å²) >= 11 is 0. The number of hydrogen-bond donors (Lipinski definition) is 1. The zero-order valence-electron chi connectivity index (χ0n) is 11.1. The fourth-order valence-corrected chi connectivity index (χ4v) is 1.75. The van der Waals surface area contributed by atoms with Crippen LogP contribution in [0.1, 0.15) is 12.5 Å². The lowest BCUT2D eigenvalue weighted by Gasteiger charge is -2.18. The third kappa shape index (κ3) is 3.64. The lowest BCUT2D eigenvalue weighted by atomic mass is 10.2. The summed E-state index contributed by atoms with van der Waals surface area (Å²) in [6.07, 6.45) is 1.72. The lowest BCUT2D eigenvalue weighted by Crippen LogP contribution is -2.18. The Morgan fingerprint density at radius 3 is 2.63 bits per heavy atom. The fraction of sp³-hybridized carbons (Fsp3) is 0.286. The van der Waals surface area contributed by atoms with Crippen LogP contribution in [-0.4, -0.2) is 23.6 Å². The van der Waals surface area contributed by atoms with Gasteiger partial charge in [0, 0.05) is 26.3 Å². The summed E-state index contributed by atoms with van der Waals surface area (Å²) in [5, 5.41) is 3.08. The molecule has 100 valence electrons. The summed E-state index contributed by atoms with van der Waals surface area (Å²) in [6.45, 7) is 3.45. The molecule has 0 spiro atoms. The number of benzene rings is 1. The molecule has 0 aliphatic rings. The molecular weight excluding hydrogens is 243 g/mol. The first-order valence-corrected chi connectivity index (χ1v) is 6.21. The second-order valence-corrected chi connectivity index (χ2v) is 4.25. The molecule has 0 unspecified atom stereocenters. The van der Waals surface area contributed by atoms with Gasteiger partial charge < -0.3 is 10.2 Å². The van der Waals surface area contributed by atoms with Crippen molar-refractivity contribution < 1.29 is 4.39 Å². The van der Waals surface area contributed by atoms with Crippen LogP contribution in [0.15, 0.2) is 36.5 Å². The lowest BCUT2D eigenvalue weighted by molar-refractivity contribution is 0.627. The Bertz CT molecular complexity index is 527. The van der Waals surface area contributed by atoms with E-state index in [0.717, 1.165) is 17.9 Å². The van der Waals surface area contributed by atoms with Crippen LogP contribution in [-0.2, 0) is 6.54 Å². The molecule has 1 aromatic heterocycles. The minimum atomic E-state index is -0.220. The molecule has 0 saturated heterocycles. The zero-order valence-corrected chi connectivity index (χ0v) is 11.1. The number of nitrogens with one attached hydrogen (secondary N) is 1. The largest absolute Gasteiger partial charge is 0.355 e. The van der Waals surface area contributed by atoms with Crippen LogP contribution in [0.25, 0.3) is 0 Å². The minimum absolute atomic E-state index is 0.220. The number of anilines is 2. The predicted octanol–water partition coefficient (Wildman–Crippen LogP) is 2.68. The minimum Gasteiger partial charge on any atom is -0.355 e. The number of nitrogens with zero attached hydrogens (tertiary/aromatic N) is 3. The van der Waals surface area contributed by atoms with Gasteiger partial charge in [-0.25, -0.2) is 9.37 Å². The summed E-state index contributed by atoms with van der Waals surface area (Å²) in [5.74, 6) is 1.23. The molecule has 5 heteroatoms. The molecule has 0 aliphatic heterocycles. The normalized spacial score (nSPS) is 10.3. The third-order valence-corrected chi connectivity index (χ3v) is 2.70. The molecule has 19 heavy (non-hydrogen) atoms. The van der Waals surface area contributed by atoms with Gasteiger partial charge in [-0.15, -0.1) is 0 Å². The highest BCUT2D eigenvalue weighted by atomic mass is 19.1. The highest BCUT2D eigenvalue weighted by molar-refractivity contribution is 5.42. The first-order chi connectivity index (χ1) is 9.19. The maximum Gasteiger partial charge on any atom is 0.224 e. The summed E-state index contributed by atoms with van der Waals surface area (Å²) in [6, 6.07) is 8.33. The quantitative estimate of drug-likeness (QED) is 0.897. The van der Waals surface area contributed by atoms with Crippen LogP contribution >= 0.6 is 0 Å². The first kappa shape index (κ1) is 13.3. The van der Waals surface area contributed by atoms with E-state index < -0.39 is 0 Å². The molecule has 0 amide bonds. The number of hydrogen-bond acceptors (Lipinski definition) is 4. The van der Waals surface area contributed by atoms with Gasteiger partial charge in [-0.3, -0.25) is 0 Å². The molecule has 2 aromatic rings. The number of rotatable bonds is 5. The third-order valence-electron chi connectivity index (χ3n) is 2.70.